The van der Waals surface area contributed by atoms with Crippen molar-refractivity contribution < 1.29 is 14.8 Å². The SMILES string of the molecule is CC(=O)c1ccc(N(C)CC(C)O)c([N+](=O)[O-])c1. The molecule has 1 unspecified atom stereocenters. The molecule has 98 valence electrons. The summed E-state index contributed by atoms with van der Waals surface area (Å²) in [6, 6.07) is 4.33. The number of Topliss-reactive ketones (excluding diaryl/α,β-unsaturated/α-hetero) is 1. The summed E-state index contributed by atoms with van der Waals surface area (Å²) < 4.78 is 0. The Morgan fingerprint density at radius 2 is 2.17 bits per heavy atom. The molecule has 0 aliphatic carbocycles. The molecule has 0 spiro atoms. The molecule has 0 saturated heterocycles. The van der Waals surface area contributed by atoms with Crippen molar-refractivity contribution in [1.82, 2.24) is 0 Å². The van der Waals surface area contributed by atoms with Crippen LogP contribution in [0.3, 0.4) is 0 Å². The fourth-order valence-corrected chi connectivity index (χ4v) is 1.71. The van der Waals surface area contributed by atoms with Crippen LogP contribution in [-0.4, -0.2) is 35.5 Å². The summed E-state index contributed by atoms with van der Waals surface area (Å²) in [5.41, 5.74) is 0.549. The zero-order valence-corrected chi connectivity index (χ0v) is 10.6. The number of likely N-dealkylation sites (N-methyl/N-ethyl adjacent to an activating group) is 1. The number of nitrogens with zero attached hydrogens (tertiary/aromatic N) is 2. The zero-order chi connectivity index (χ0) is 13.9. The fourth-order valence-electron chi connectivity index (χ4n) is 1.71. The van der Waals surface area contributed by atoms with Gasteiger partial charge < -0.3 is 10.0 Å². The van der Waals surface area contributed by atoms with E-state index in [1.54, 1.807) is 24.9 Å². The number of carbonyl (C=O) groups is 1. The first kappa shape index (κ1) is 14.1. The average molecular weight is 252 g/mol. The second kappa shape index (κ2) is 5.59. The summed E-state index contributed by atoms with van der Waals surface area (Å²) >= 11 is 0. The van der Waals surface area contributed by atoms with Crippen molar-refractivity contribution in [3.05, 3.63) is 33.9 Å². The predicted octanol–water partition coefficient (Wildman–Crippen LogP) is 1.61. The molecule has 1 atom stereocenters. The molecular weight excluding hydrogens is 236 g/mol. The van der Waals surface area contributed by atoms with Gasteiger partial charge in [0, 0.05) is 25.2 Å². The standard InChI is InChI=1S/C12H16N2O4/c1-8(15)7-13(3)11-5-4-10(9(2)16)6-12(11)14(17)18/h4-6,8,15H,7H2,1-3H3. The summed E-state index contributed by atoms with van der Waals surface area (Å²) in [5.74, 6) is -0.220. The van der Waals surface area contributed by atoms with Gasteiger partial charge in [0.05, 0.1) is 11.0 Å². The first-order valence-electron chi connectivity index (χ1n) is 5.51. The van der Waals surface area contributed by atoms with Crippen molar-refractivity contribution in [2.75, 3.05) is 18.5 Å². The highest BCUT2D eigenvalue weighted by atomic mass is 16.6. The molecule has 1 rings (SSSR count). The van der Waals surface area contributed by atoms with Gasteiger partial charge in [0.1, 0.15) is 5.69 Å². The van der Waals surface area contributed by atoms with Crippen LogP contribution < -0.4 is 4.90 Å². The van der Waals surface area contributed by atoms with E-state index in [9.17, 15) is 20.0 Å². The summed E-state index contributed by atoms with van der Waals surface area (Å²) in [6.07, 6.45) is -0.595. The molecule has 0 amide bonds. The van der Waals surface area contributed by atoms with E-state index in [0.29, 0.717) is 11.3 Å². The van der Waals surface area contributed by atoms with Gasteiger partial charge in [-0.3, -0.25) is 14.9 Å². The molecule has 0 aliphatic rings. The van der Waals surface area contributed by atoms with Gasteiger partial charge in [-0.2, -0.15) is 0 Å². The highest BCUT2D eigenvalue weighted by Crippen LogP contribution is 2.28. The summed E-state index contributed by atoms with van der Waals surface area (Å²) in [4.78, 5) is 23.3. The topological polar surface area (TPSA) is 83.7 Å². The van der Waals surface area contributed by atoms with Crippen molar-refractivity contribution in [3.63, 3.8) is 0 Å². The maximum Gasteiger partial charge on any atom is 0.293 e. The number of aliphatic hydroxyl groups excluding tert-OH is 1. The van der Waals surface area contributed by atoms with Gasteiger partial charge in [-0.1, -0.05) is 0 Å². The predicted molar refractivity (Wildman–Crippen MR) is 68.1 cm³/mol. The summed E-state index contributed by atoms with van der Waals surface area (Å²) in [5, 5.41) is 20.3. The van der Waals surface area contributed by atoms with E-state index < -0.39 is 11.0 Å². The van der Waals surface area contributed by atoms with Crippen LogP contribution in [0.5, 0.6) is 0 Å². The lowest BCUT2D eigenvalue weighted by atomic mass is 10.1. The number of nitro benzene ring substituents is 1. The van der Waals surface area contributed by atoms with E-state index >= 15 is 0 Å². The number of rotatable bonds is 5. The van der Waals surface area contributed by atoms with Crippen molar-refractivity contribution in [1.29, 1.82) is 0 Å². The minimum absolute atomic E-state index is 0.133. The number of nitro groups is 1. The fraction of sp³-hybridized carbons (Fsp3) is 0.417. The molecule has 0 radical (unpaired) electrons. The van der Waals surface area contributed by atoms with Crippen LogP contribution in [0.15, 0.2) is 18.2 Å². The van der Waals surface area contributed by atoms with Crippen LogP contribution in [0.25, 0.3) is 0 Å². The van der Waals surface area contributed by atoms with Crippen molar-refractivity contribution in [3.8, 4) is 0 Å². The molecule has 0 fully saturated rings. The lowest BCUT2D eigenvalue weighted by Crippen LogP contribution is -2.27. The lowest BCUT2D eigenvalue weighted by Gasteiger charge is -2.20. The van der Waals surface area contributed by atoms with Crippen LogP contribution in [-0.2, 0) is 0 Å². The second-order valence-electron chi connectivity index (χ2n) is 4.25. The first-order chi connectivity index (χ1) is 8.32. The zero-order valence-electron chi connectivity index (χ0n) is 10.6. The van der Waals surface area contributed by atoms with Crippen molar-refractivity contribution >= 4 is 17.2 Å². The van der Waals surface area contributed by atoms with Crippen LogP contribution in [0, 0.1) is 10.1 Å². The third-order valence-electron chi connectivity index (χ3n) is 2.53. The van der Waals surface area contributed by atoms with E-state index in [4.69, 9.17) is 0 Å². The highest BCUT2D eigenvalue weighted by Gasteiger charge is 2.19. The van der Waals surface area contributed by atoms with Gasteiger partial charge in [0.2, 0.25) is 0 Å². The van der Waals surface area contributed by atoms with Gasteiger partial charge in [-0.15, -0.1) is 0 Å². The largest absolute Gasteiger partial charge is 0.392 e. The Kier molecular flexibility index (Phi) is 4.38. The monoisotopic (exact) mass is 252 g/mol. The number of carbonyl (C=O) groups excluding carboxylic acids is 1. The molecule has 1 aromatic carbocycles. The van der Waals surface area contributed by atoms with E-state index in [1.807, 2.05) is 0 Å². The molecule has 1 aromatic rings. The quantitative estimate of drug-likeness (QED) is 0.489. The van der Waals surface area contributed by atoms with Gasteiger partial charge in [-0.25, -0.2) is 0 Å². The van der Waals surface area contributed by atoms with Gasteiger partial charge in [0.15, 0.2) is 5.78 Å². The first-order valence-corrected chi connectivity index (χ1v) is 5.51. The Labute approximate surface area is 105 Å². The number of anilines is 1. The van der Waals surface area contributed by atoms with Crippen LogP contribution in [0.1, 0.15) is 24.2 Å². The molecule has 18 heavy (non-hydrogen) atoms. The average Bonchev–Trinajstić information content (AvgIpc) is 2.26. The molecule has 0 heterocycles. The highest BCUT2D eigenvalue weighted by molar-refractivity contribution is 5.95. The number of ketones is 1. The van der Waals surface area contributed by atoms with Gasteiger partial charge in [-0.05, 0) is 26.0 Å². The third kappa shape index (κ3) is 3.27. The molecular formula is C12H16N2O4. The van der Waals surface area contributed by atoms with E-state index in [-0.39, 0.29) is 18.0 Å². The molecule has 0 bridgehead atoms. The smallest absolute Gasteiger partial charge is 0.293 e. The molecule has 0 aromatic heterocycles. The minimum atomic E-state index is -0.595. The number of benzene rings is 1. The lowest BCUT2D eigenvalue weighted by molar-refractivity contribution is -0.384. The Bertz CT molecular complexity index is 471. The Morgan fingerprint density at radius 1 is 1.56 bits per heavy atom. The Hall–Kier alpha value is -1.95. The van der Waals surface area contributed by atoms with Crippen LogP contribution in [0.4, 0.5) is 11.4 Å². The number of aliphatic hydroxyl groups is 1. The molecule has 1 N–H and O–H groups in total. The summed E-state index contributed by atoms with van der Waals surface area (Å²) in [7, 11) is 1.66. The minimum Gasteiger partial charge on any atom is -0.392 e. The Morgan fingerprint density at radius 3 is 2.61 bits per heavy atom. The molecule has 0 aliphatic heterocycles. The second-order valence-corrected chi connectivity index (χ2v) is 4.25. The molecule has 6 heteroatoms. The van der Waals surface area contributed by atoms with Crippen LogP contribution in [0.2, 0.25) is 0 Å². The Balaban J connectivity index is 3.19. The van der Waals surface area contributed by atoms with E-state index in [1.165, 1.54) is 19.1 Å². The van der Waals surface area contributed by atoms with Gasteiger partial charge in [0.25, 0.3) is 5.69 Å². The van der Waals surface area contributed by atoms with Gasteiger partial charge >= 0.3 is 0 Å². The maximum absolute atomic E-state index is 11.2. The number of hydrogen-bond donors (Lipinski definition) is 1. The maximum atomic E-state index is 11.2. The van der Waals surface area contributed by atoms with E-state index in [2.05, 4.69) is 0 Å². The normalized spacial score (nSPS) is 12.0. The molecule has 0 saturated carbocycles. The number of hydrogen-bond acceptors (Lipinski definition) is 5. The molecule has 6 nitrogen and oxygen atoms in total. The van der Waals surface area contributed by atoms with Crippen LogP contribution >= 0.6 is 0 Å². The van der Waals surface area contributed by atoms with E-state index in [0.717, 1.165) is 0 Å². The van der Waals surface area contributed by atoms with Crippen molar-refractivity contribution in [2.24, 2.45) is 0 Å². The third-order valence-corrected chi connectivity index (χ3v) is 2.53. The summed E-state index contributed by atoms with van der Waals surface area (Å²) in [6.45, 7) is 3.24. The van der Waals surface area contributed by atoms with Crippen molar-refractivity contribution in [2.45, 2.75) is 20.0 Å².